The van der Waals surface area contributed by atoms with Crippen LogP contribution in [0.4, 0.5) is 0 Å². The molecular formula is C9H7O. The van der Waals surface area contributed by atoms with Crippen molar-refractivity contribution in [3.05, 3.63) is 41.8 Å². The SMILES string of the molecule is [CH]1c2ccccc2C2OC12. The van der Waals surface area contributed by atoms with Gasteiger partial charge in [-0.25, -0.2) is 0 Å². The number of benzene rings is 1. The molecule has 0 saturated carbocycles. The molecule has 1 aromatic carbocycles. The topological polar surface area (TPSA) is 12.5 Å². The molecule has 1 heterocycles. The van der Waals surface area contributed by atoms with Crippen molar-refractivity contribution >= 4 is 0 Å². The number of epoxide rings is 1. The molecule has 0 N–H and O–H groups in total. The normalized spacial score (nSPS) is 33.2. The van der Waals surface area contributed by atoms with Crippen molar-refractivity contribution in [2.45, 2.75) is 12.2 Å². The van der Waals surface area contributed by atoms with Gasteiger partial charge in [-0.05, 0) is 11.1 Å². The molecule has 1 aromatic rings. The molecule has 10 heavy (non-hydrogen) atoms. The monoisotopic (exact) mass is 131 g/mol. The number of rotatable bonds is 0. The van der Waals surface area contributed by atoms with Gasteiger partial charge in [0.25, 0.3) is 0 Å². The molecule has 2 unspecified atom stereocenters. The molecule has 1 nitrogen and oxygen atoms in total. The van der Waals surface area contributed by atoms with E-state index in [4.69, 9.17) is 4.74 Å². The summed E-state index contributed by atoms with van der Waals surface area (Å²) in [6.45, 7) is 0. The molecule has 0 bridgehead atoms. The van der Waals surface area contributed by atoms with Crippen molar-refractivity contribution < 1.29 is 4.74 Å². The smallest absolute Gasteiger partial charge is 0.110 e. The quantitative estimate of drug-likeness (QED) is 0.488. The highest BCUT2D eigenvalue weighted by Crippen LogP contribution is 2.49. The van der Waals surface area contributed by atoms with E-state index in [0.717, 1.165) is 0 Å². The van der Waals surface area contributed by atoms with Crippen LogP contribution in [0.2, 0.25) is 0 Å². The first-order valence-corrected chi connectivity index (χ1v) is 3.54. The Morgan fingerprint density at radius 1 is 1.20 bits per heavy atom. The maximum Gasteiger partial charge on any atom is 0.110 e. The Morgan fingerprint density at radius 2 is 2.10 bits per heavy atom. The standard InChI is InChI=1S/C9H7O/c1-2-4-7-6(3-1)5-8-9(7)10-8/h1-5,8-9H. The molecule has 0 aromatic heterocycles. The van der Waals surface area contributed by atoms with Crippen molar-refractivity contribution in [2.24, 2.45) is 0 Å². The van der Waals surface area contributed by atoms with Gasteiger partial charge in [0.2, 0.25) is 0 Å². The van der Waals surface area contributed by atoms with Crippen LogP contribution in [-0.2, 0) is 4.74 Å². The van der Waals surface area contributed by atoms with Gasteiger partial charge in [-0.15, -0.1) is 0 Å². The van der Waals surface area contributed by atoms with Gasteiger partial charge in [0.15, 0.2) is 0 Å². The van der Waals surface area contributed by atoms with E-state index in [9.17, 15) is 0 Å². The van der Waals surface area contributed by atoms with Crippen LogP contribution in [0.15, 0.2) is 24.3 Å². The molecule has 1 heteroatoms. The van der Waals surface area contributed by atoms with E-state index >= 15 is 0 Å². The zero-order chi connectivity index (χ0) is 6.55. The van der Waals surface area contributed by atoms with E-state index in [1.165, 1.54) is 11.1 Å². The van der Waals surface area contributed by atoms with Crippen LogP contribution in [0.1, 0.15) is 17.2 Å². The lowest BCUT2D eigenvalue weighted by molar-refractivity contribution is 0.380. The third-order valence-electron chi connectivity index (χ3n) is 2.17. The molecular weight excluding hydrogens is 124 g/mol. The molecule has 3 rings (SSSR count). The van der Waals surface area contributed by atoms with E-state index in [1.54, 1.807) is 0 Å². The first-order chi connectivity index (χ1) is 4.95. The van der Waals surface area contributed by atoms with Crippen molar-refractivity contribution in [1.29, 1.82) is 0 Å². The fraction of sp³-hybridized carbons (Fsp3) is 0.222. The number of ether oxygens (including phenoxy) is 1. The van der Waals surface area contributed by atoms with Gasteiger partial charge < -0.3 is 4.74 Å². The zero-order valence-corrected chi connectivity index (χ0v) is 5.45. The number of hydrogen-bond acceptors (Lipinski definition) is 1. The summed E-state index contributed by atoms with van der Waals surface area (Å²) < 4.78 is 5.32. The molecule has 1 aliphatic heterocycles. The van der Waals surface area contributed by atoms with Crippen LogP contribution in [0, 0.1) is 6.42 Å². The zero-order valence-electron chi connectivity index (χ0n) is 5.45. The first-order valence-electron chi connectivity index (χ1n) is 3.54. The molecule has 1 fully saturated rings. The Labute approximate surface area is 59.6 Å². The van der Waals surface area contributed by atoms with E-state index in [-0.39, 0.29) is 0 Å². The number of fused-ring (bicyclic) bond motifs is 3. The van der Waals surface area contributed by atoms with Crippen molar-refractivity contribution in [3.63, 3.8) is 0 Å². The average molecular weight is 131 g/mol. The van der Waals surface area contributed by atoms with Gasteiger partial charge >= 0.3 is 0 Å². The fourth-order valence-electron chi connectivity index (χ4n) is 1.60. The second kappa shape index (κ2) is 1.43. The van der Waals surface area contributed by atoms with Crippen LogP contribution in [-0.4, -0.2) is 6.10 Å². The summed E-state index contributed by atoms with van der Waals surface area (Å²) in [5.41, 5.74) is 2.73. The molecule has 2 aliphatic rings. The Balaban J connectivity index is 2.22. The van der Waals surface area contributed by atoms with Gasteiger partial charge in [0.05, 0.1) is 6.10 Å². The Hall–Kier alpha value is -0.820. The lowest BCUT2D eigenvalue weighted by Gasteiger charge is -1.97. The summed E-state index contributed by atoms with van der Waals surface area (Å²) >= 11 is 0. The highest BCUT2D eigenvalue weighted by Gasteiger charge is 2.46. The molecule has 0 spiro atoms. The second-order valence-corrected chi connectivity index (χ2v) is 2.82. The largest absolute Gasteiger partial charge is 0.364 e. The van der Waals surface area contributed by atoms with Gasteiger partial charge in [-0.1, -0.05) is 24.3 Å². The Kier molecular flexibility index (Phi) is 0.702. The minimum absolute atomic E-state index is 0.413. The van der Waals surface area contributed by atoms with E-state index in [1.807, 2.05) is 0 Å². The Morgan fingerprint density at radius 3 is 3.00 bits per heavy atom. The van der Waals surface area contributed by atoms with E-state index in [2.05, 4.69) is 30.7 Å². The third kappa shape index (κ3) is 0.469. The molecule has 1 aliphatic carbocycles. The van der Waals surface area contributed by atoms with Gasteiger partial charge in [0.1, 0.15) is 6.10 Å². The predicted octanol–water partition coefficient (Wildman–Crippen LogP) is 1.69. The molecule has 49 valence electrons. The molecule has 2 atom stereocenters. The third-order valence-corrected chi connectivity index (χ3v) is 2.17. The molecule has 1 radical (unpaired) electrons. The van der Waals surface area contributed by atoms with E-state index in [0.29, 0.717) is 12.2 Å². The minimum atomic E-state index is 0.413. The average Bonchev–Trinajstić information content (AvgIpc) is 2.64. The van der Waals surface area contributed by atoms with Crippen LogP contribution in [0.25, 0.3) is 0 Å². The van der Waals surface area contributed by atoms with Crippen LogP contribution >= 0.6 is 0 Å². The highest BCUT2D eigenvalue weighted by molar-refractivity contribution is 5.46. The summed E-state index contributed by atoms with van der Waals surface area (Å²) in [6.07, 6.45) is 3.02. The first kappa shape index (κ1) is 4.91. The Bertz CT molecular complexity index is 280. The number of hydrogen-bond donors (Lipinski definition) is 0. The summed E-state index contributed by atoms with van der Waals surface area (Å²) in [5.74, 6) is 0. The second-order valence-electron chi connectivity index (χ2n) is 2.82. The van der Waals surface area contributed by atoms with Crippen LogP contribution in [0.5, 0.6) is 0 Å². The van der Waals surface area contributed by atoms with Crippen molar-refractivity contribution in [3.8, 4) is 0 Å². The van der Waals surface area contributed by atoms with Crippen LogP contribution in [0.3, 0.4) is 0 Å². The molecule has 1 saturated heterocycles. The van der Waals surface area contributed by atoms with Gasteiger partial charge in [-0.3, -0.25) is 0 Å². The summed E-state index contributed by atoms with van der Waals surface area (Å²) in [5, 5.41) is 0. The summed E-state index contributed by atoms with van der Waals surface area (Å²) in [6, 6.07) is 8.42. The fourth-order valence-corrected chi connectivity index (χ4v) is 1.60. The lowest BCUT2D eigenvalue weighted by atomic mass is 10.1. The predicted molar refractivity (Wildman–Crippen MR) is 37.5 cm³/mol. The summed E-state index contributed by atoms with van der Waals surface area (Å²) in [4.78, 5) is 0. The molecule has 0 amide bonds. The minimum Gasteiger partial charge on any atom is -0.364 e. The summed E-state index contributed by atoms with van der Waals surface area (Å²) in [7, 11) is 0. The van der Waals surface area contributed by atoms with Gasteiger partial charge in [0, 0.05) is 6.42 Å². The van der Waals surface area contributed by atoms with Crippen molar-refractivity contribution in [1.82, 2.24) is 0 Å². The van der Waals surface area contributed by atoms with Crippen molar-refractivity contribution in [2.75, 3.05) is 0 Å². The van der Waals surface area contributed by atoms with E-state index < -0.39 is 0 Å². The maximum absolute atomic E-state index is 5.32. The van der Waals surface area contributed by atoms with Gasteiger partial charge in [-0.2, -0.15) is 0 Å². The lowest BCUT2D eigenvalue weighted by Crippen LogP contribution is -1.83. The maximum atomic E-state index is 5.32. The van der Waals surface area contributed by atoms with Crippen LogP contribution < -0.4 is 0 Å². The highest BCUT2D eigenvalue weighted by atomic mass is 16.6.